The van der Waals surface area contributed by atoms with Crippen molar-refractivity contribution >= 4 is 11.0 Å². The van der Waals surface area contributed by atoms with Crippen molar-refractivity contribution in [2.24, 2.45) is 0 Å². The number of β-amino-alcohol motifs (C(OH)–C–C–N with tert-alkyl or cyclic N) is 1. The smallest absolute Gasteiger partial charge is 0.508 e. The number of rotatable bonds is 4. The van der Waals surface area contributed by atoms with Crippen molar-refractivity contribution in [1.29, 1.82) is 5.26 Å². The molecule has 14 heteroatoms. The summed E-state index contributed by atoms with van der Waals surface area (Å²) in [6.45, 7) is -0.379. The van der Waals surface area contributed by atoms with Crippen LogP contribution in [-0.2, 0) is 17.2 Å². The Morgan fingerprint density at radius 3 is 2.21 bits per heavy atom. The molecule has 0 radical (unpaired) electrons. The number of nitrogens with zero attached hydrogens (tertiary/aromatic N) is 2. The van der Waals surface area contributed by atoms with E-state index >= 15 is 0 Å². The van der Waals surface area contributed by atoms with E-state index < -0.39 is 41.3 Å². The molecule has 1 aliphatic rings. The van der Waals surface area contributed by atoms with Gasteiger partial charge in [-0.2, -0.15) is 18.4 Å². The van der Waals surface area contributed by atoms with E-state index in [0.717, 1.165) is 36.4 Å². The molecule has 1 saturated heterocycles. The van der Waals surface area contributed by atoms with Gasteiger partial charge < -0.3 is 20.1 Å². The van der Waals surface area contributed by atoms with Crippen LogP contribution in [-0.4, -0.2) is 55.5 Å². The Hall–Kier alpha value is -2.86. The fraction of sp³-hybridized carbons (Fsp3) is 0.350. The fourth-order valence-electron chi connectivity index (χ4n) is 2.82. The molecule has 2 unspecified atom stereocenters. The Bertz CT molecular complexity index is 1060. The number of halogens is 6. The van der Waals surface area contributed by atoms with Gasteiger partial charge in [-0.1, -0.05) is 0 Å². The molecule has 1 heterocycles. The molecule has 1 aliphatic heterocycles. The van der Waals surface area contributed by atoms with Crippen LogP contribution in [0.25, 0.3) is 0 Å². The minimum atomic E-state index is -4.68. The molecule has 0 saturated carbocycles. The lowest BCUT2D eigenvalue weighted by molar-refractivity contribution is -0.274. The molecule has 0 amide bonds. The fourth-order valence-corrected chi connectivity index (χ4v) is 4.19. The van der Waals surface area contributed by atoms with Crippen molar-refractivity contribution in [2.75, 3.05) is 19.7 Å². The minimum absolute atomic E-state index is 0.0438. The molecule has 3 rings (SSSR count). The van der Waals surface area contributed by atoms with E-state index in [9.17, 15) is 35.7 Å². The van der Waals surface area contributed by atoms with Gasteiger partial charge >= 0.3 is 12.5 Å². The van der Waals surface area contributed by atoms with E-state index in [2.05, 4.69) is 4.74 Å². The first kappa shape index (κ1) is 27.4. The monoisotopic (exact) mass is 512 g/mol. The van der Waals surface area contributed by atoms with Crippen LogP contribution in [0.5, 0.6) is 11.5 Å². The van der Waals surface area contributed by atoms with Crippen molar-refractivity contribution in [1.82, 2.24) is 4.31 Å². The summed E-state index contributed by atoms with van der Waals surface area (Å²) in [5.41, 5.74) is -2.69. The highest BCUT2D eigenvalue weighted by Crippen LogP contribution is 2.32. The zero-order valence-corrected chi connectivity index (χ0v) is 17.9. The van der Waals surface area contributed by atoms with Crippen LogP contribution in [0, 0.1) is 11.3 Å². The molecule has 2 aromatic carbocycles. The maximum atomic E-state index is 12.6. The maximum Gasteiger partial charge on any atom is 0.573 e. The third-order valence-corrected chi connectivity index (χ3v) is 6.02. The maximum absolute atomic E-state index is 12.6. The van der Waals surface area contributed by atoms with Crippen LogP contribution >= 0.6 is 0 Å². The van der Waals surface area contributed by atoms with Gasteiger partial charge in [0.2, 0.25) is 0 Å². The number of ether oxygens (including phenoxy) is 1. The van der Waals surface area contributed by atoms with Crippen molar-refractivity contribution in [3.63, 3.8) is 0 Å². The lowest BCUT2D eigenvalue weighted by Crippen LogP contribution is -2.37. The van der Waals surface area contributed by atoms with Gasteiger partial charge in [0.15, 0.2) is 0 Å². The Labute approximate surface area is 192 Å². The zero-order chi connectivity index (χ0) is 25.7. The van der Waals surface area contributed by atoms with Gasteiger partial charge in [-0.3, -0.25) is 0 Å². The average Bonchev–Trinajstić information content (AvgIpc) is 3.16. The van der Waals surface area contributed by atoms with Gasteiger partial charge in [0.25, 0.3) is 0 Å². The molecule has 34 heavy (non-hydrogen) atoms. The highest BCUT2D eigenvalue weighted by Gasteiger charge is 2.39. The first-order valence-corrected chi connectivity index (χ1v) is 10.4. The second kappa shape index (κ2) is 10.6. The number of phenols is 1. The van der Waals surface area contributed by atoms with Crippen molar-refractivity contribution < 1.29 is 50.6 Å². The molecule has 0 spiro atoms. The predicted octanol–water partition coefficient (Wildman–Crippen LogP) is 3.32. The van der Waals surface area contributed by atoms with Gasteiger partial charge in [0, 0.05) is 13.1 Å². The Balaban J connectivity index is 0.000000287. The second-order valence-electron chi connectivity index (χ2n) is 7.11. The summed E-state index contributed by atoms with van der Waals surface area (Å²) in [5, 5.41) is 36.7. The third-order valence-electron chi connectivity index (χ3n) is 4.51. The van der Waals surface area contributed by atoms with Crippen molar-refractivity contribution in [3.05, 3.63) is 53.6 Å². The van der Waals surface area contributed by atoms with Crippen molar-refractivity contribution in [3.8, 4) is 17.6 Å². The normalized spacial score (nSPS) is 19.6. The molecule has 2 aromatic rings. The summed E-state index contributed by atoms with van der Waals surface area (Å²) in [4.78, 5) is -0.0438. The van der Waals surface area contributed by atoms with E-state index in [1.165, 1.54) is 4.31 Å². The topological polar surface area (TPSA) is 114 Å². The van der Waals surface area contributed by atoms with Gasteiger partial charge in [-0.15, -0.1) is 13.2 Å². The van der Waals surface area contributed by atoms with Gasteiger partial charge in [0.05, 0.1) is 22.6 Å². The highest BCUT2D eigenvalue weighted by molar-refractivity contribution is 7.82. The number of benzene rings is 2. The molecule has 0 bridgehead atoms. The molecule has 1 fully saturated rings. The van der Waals surface area contributed by atoms with Crippen LogP contribution in [0.3, 0.4) is 0 Å². The largest absolute Gasteiger partial charge is 0.573 e. The number of nitriles is 1. The summed E-state index contributed by atoms with van der Waals surface area (Å²) in [6.07, 6.45) is -9.08. The third kappa shape index (κ3) is 7.59. The lowest BCUT2D eigenvalue weighted by Gasteiger charge is -2.20. The molecule has 0 aromatic heterocycles. The van der Waals surface area contributed by atoms with Crippen LogP contribution in [0.2, 0.25) is 0 Å². The predicted molar refractivity (Wildman–Crippen MR) is 106 cm³/mol. The second-order valence-corrected chi connectivity index (χ2v) is 8.56. The summed E-state index contributed by atoms with van der Waals surface area (Å²) < 4.78 is 89.8. The van der Waals surface area contributed by atoms with E-state index in [1.807, 2.05) is 0 Å². The number of hydrogen-bond acceptors (Lipinski definition) is 6. The molecule has 7 nitrogen and oxygen atoms in total. The first-order valence-electron chi connectivity index (χ1n) is 9.34. The van der Waals surface area contributed by atoms with Crippen molar-refractivity contribution in [2.45, 2.75) is 29.5 Å². The molecule has 186 valence electrons. The zero-order valence-electron chi connectivity index (χ0n) is 17.1. The first-order chi connectivity index (χ1) is 15.7. The van der Waals surface area contributed by atoms with Gasteiger partial charge in [-0.05, 0) is 48.9 Å². The number of alkyl halides is 6. The number of phenolic OH excluding ortho intramolecular Hbond substituents is 1. The number of aliphatic hydroxyl groups is 2. The van der Waals surface area contributed by atoms with Crippen LogP contribution in [0.1, 0.15) is 17.5 Å². The summed E-state index contributed by atoms with van der Waals surface area (Å²) in [6, 6.07) is 8.33. The minimum Gasteiger partial charge on any atom is -0.508 e. The quantitative estimate of drug-likeness (QED) is 0.542. The molecule has 3 N–H and O–H groups in total. The summed E-state index contributed by atoms with van der Waals surface area (Å²) in [7, 11) is -1.88. The van der Waals surface area contributed by atoms with Gasteiger partial charge in [0.1, 0.15) is 34.2 Å². The number of aromatic hydroxyl groups is 1. The van der Waals surface area contributed by atoms with Crippen LogP contribution in [0.15, 0.2) is 47.4 Å². The Morgan fingerprint density at radius 1 is 1.12 bits per heavy atom. The van der Waals surface area contributed by atoms with E-state index in [4.69, 9.17) is 15.5 Å². The average molecular weight is 512 g/mol. The summed E-state index contributed by atoms with van der Waals surface area (Å²) >= 11 is 0. The van der Waals surface area contributed by atoms with Gasteiger partial charge in [-0.25, -0.2) is 8.51 Å². The van der Waals surface area contributed by atoms with E-state index in [0.29, 0.717) is 6.07 Å². The number of hydrogen-bond donors (Lipinski definition) is 3. The molecule has 2 atom stereocenters. The van der Waals surface area contributed by atoms with E-state index in [-0.39, 0.29) is 41.5 Å². The summed E-state index contributed by atoms with van der Waals surface area (Å²) in [5.74, 6) is -0.454. The standard InChI is InChI=1S/C13H13F3N2O3S.C7H5F3O2/c14-13(15,16)10-1-2-11(9(5-10)6-17)22(21)18-4-3-12(20,7-18)8-19;8-7(9,10)12-6-3-1-5(11)2-4-6/h1-2,5,19-20H,3-4,7-8H2;1-4,11H. The SMILES string of the molecule is N#Cc1cc(C(F)(F)F)ccc1S(=O)N1CCC(O)(CO)C1.Oc1ccc(OC(F)(F)F)cc1. The van der Waals surface area contributed by atoms with Crippen LogP contribution < -0.4 is 4.74 Å². The molecule has 0 aliphatic carbocycles. The Kier molecular flexibility index (Phi) is 8.54. The van der Waals surface area contributed by atoms with Crippen LogP contribution in [0.4, 0.5) is 26.3 Å². The number of aliphatic hydroxyl groups excluding tert-OH is 1. The molecular weight excluding hydrogens is 494 g/mol. The Morgan fingerprint density at radius 2 is 1.74 bits per heavy atom. The highest BCUT2D eigenvalue weighted by atomic mass is 32.2. The lowest BCUT2D eigenvalue weighted by atomic mass is 10.1. The van der Waals surface area contributed by atoms with E-state index in [1.54, 1.807) is 6.07 Å². The molecular formula is C20H18F6N2O5S.